The van der Waals surface area contributed by atoms with Crippen molar-refractivity contribution in [3.8, 4) is 0 Å². The van der Waals surface area contributed by atoms with E-state index in [-0.39, 0.29) is 67.9 Å². The Balaban J connectivity index is -0.00000000800. The van der Waals surface area contributed by atoms with Gasteiger partial charge < -0.3 is 17.5 Å². The molecular formula is H5CdLi2O4P. The van der Waals surface area contributed by atoms with E-state index in [0.717, 1.165) is 0 Å². The Kier molecular flexibility index (Phi) is 25.9. The van der Waals surface area contributed by atoms with Crippen molar-refractivity contribution in [3.63, 3.8) is 0 Å². The number of phosphoric acid groups is 1. The van der Waals surface area contributed by atoms with Crippen molar-refractivity contribution in [2.75, 3.05) is 0 Å². The van der Waals surface area contributed by atoms with Crippen molar-refractivity contribution < 1.29 is 87.1 Å². The van der Waals surface area contributed by atoms with Gasteiger partial charge in [-0.25, -0.2) is 4.57 Å². The minimum atomic E-state index is -4.64. The molecule has 0 aromatic rings. The Bertz CT molecular complexity index is 67.4. The molecule has 0 aromatic heterocycles. The maximum Gasteiger partial charge on any atom is 1.00 e. The van der Waals surface area contributed by atoms with Crippen LogP contribution < -0.4 is 37.7 Å². The average molecular weight is 226 g/mol. The van der Waals surface area contributed by atoms with Crippen LogP contribution in [0.5, 0.6) is 0 Å². The predicted octanol–water partition coefficient (Wildman–Crippen LogP) is -6.70. The Morgan fingerprint density at radius 1 is 1.12 bits per heavy atom. The van der Waals surface area contributed by atoms with Gasteiger partial charge in [0.1, 0.15) is 0 Å². The summed E-state index contributed by atoms with van der Waals surface area (Å²) in [5.74, 6) is 0. The Labute approximate surface area is 94.2 Å². The van der Waals surface area contributed by atoms with Crippen LogP contribution in [0, 0.1) is 0 Å². The maximum atomic E-state index is 8.88. The quantitative estimate of drug-likeness (QED) is 0.283. The van der Waals surface area contributed by atoms with Crippen LogP contribution in [0.3, 0.4) is 0 Å². The third-order valence-electron chi connectivity index (χ3n) is 0. The first kappa shape index (κ1) is 22.5. The van der Waals surface area contributed by atoms with Gasteiger partial charge in [0.2, 0.25) is 0 Å². The molecule has 0 amide bonds. The molecule has 8 heavy (non-hydrogen) atoms. The van der Waals surface area contributed by atoms with E-state index in [0.29, 0.717) is 0 Å². The van der Waals surface area contributed by atoms with Crippen LogP contribution in [0.15, 0.2) is 0 Å². The van der Waals surface area contributed by atoms with Crippen LogP contribution in [-0.4, -0.2) is 14.7 Å². The first-order valence-electron chi connectivity index (χ1n) is 0.783. The third kappa shape index (κ3) is 86.6. The molecule has 0 aliphatic rings. The first-order chi connectivity index (χ1) is 2.00. The molecule has 0 fully saturated rings. The SMILES string of the molecule is O=P(O)(O)O.[Cd].[H-].[H-].[Li+].[Li+]. The van der Waals surface area contributed by atoms with E-state index in [1.54, 1.807) is 0 Å². The fraction of sp³-hybridized carbons (Fsp3) is 0. The van der Waals surface area contributed by atoms with Gasteiger partial charge >= 0.3 is 45.5 Å². The molecule has 0 aliphatic carbocycles. The van der Waals surface area contributed by atoms with Crippen LogP contribution in [0.2, 0.25) is 0 Å². The summed E-state index contributed by atoms with van der Waals surface area (Å²) in [7, 11) is -4.64. The molecule has 0 aliphatic heterocycles. The molecular weight excluding hydrogens is 221 g/mol. The molecule has 4 nitrogen and oxygen atoms in total. The molecule has 3 N–H and O–H groups in total. The Hall–Kier alpha value is 2.23. The van der Waals surface area contributed by atoms with E-state index in [9.17, 15) is 0 Å². The molecule has 0 radical (unpaired) electrons. The van der Waals surface area contributed by atoms with E-state index in [1.165, 1.54) is 0 Å². The van der Waals surface area contributed by atoms with E-state index < -0.39 is 7.82 Å². The average Bonchev–Trinajstić information content (AvgIpc) is 0.722. The second-order valence-electron chi connectivity index (χ2n) is 0.513. The minimum Gasteiger partial charge on any atom is -1.00 e. The number of hydrogen-bond donors (Lipinski definition) is 3. The summed E-state index contributed by atoms with van der Waals surface area (Å²) >= 11 is 0. The summed E-state index contributed by atoms with van der Waals surface area (Å²) in [6.07, 6.45) is 0. The molecule has 0 unspecified atom stereocenters. The van der Waals surface area contributed by atoms with Gasteiger partial charge in [-0.1, -0.05) is 0 Å². The first-order valence-corrected chi connectivity index (χ1v) is 2.35. The molecule has 0 bridgehead atoms. The second kappa shape index (κ2) is 9.23. The fourth-order valence-electron chi connectivity index (χ4n) is 0. The van der Waals surface area contributed by atoms with Crippen LogP contribution >= 0.6 is 7.82 Å². The summed E-state index contributed by atoms with van der Waals surface area (Å²) in [5, 5.41) is 0. The zero-order chi connectivity index (χ0) is 4.50. The molecule has 0 atom stereocenters. The van der Waals surface area contributed by atoms with E-state index >= 15 is 0 Å². The molecule has 0 aromatic carbocycles. The van der Waals surface area contributed by atoms with Gasteiger partial charge in [-0.3, -0.25) is 0 Å². The summed E-state index contributed by atoms with van der Waals surface area (Å²) in [5.41, 5.74) is 0. The smallest absolute Gasteiger partial charge is 1.00 e. The second-order valence-corrected chi connectivity index (χ2v) is 1.54. The zero-order valence-corrected chi connectivity index (χ0v) is 9.83. The monoisotopic (exact) mass is 228 g/mol. The van der Waals surface area contributed by atoms with Crippen molar-refractivity contribution in [1.82, 2.24) is 0 Å². The van der Waals surface area contributed by atoms with Crippen LogP contribution in [-0.2, 0) is 31.9 Å². The molecule has 38 valence electrons. The molecule has 0 saturated carbocycles. The van der Waals surface area contributed by atoms with Crippen LogP contribution in [0.25, 0.3) is 0 Å². The van der Waals surface area contributed by atoms with Gasteiger partial charge in [-0.2, -0.15) is 0 Å². The van der Waals surface area contributed by atoms with E-state index in [1.807, 2.05) is 0 Å². The van der Waals surface area contributed by atoms with Gasteiger partial charge in [0.15, 0.2) is 0 Å². The molecule has 8 heteroatoms. The largest absolute Gasteiger partial charge is 1.00 e. The van der Waals surface area contributed by atoms with Crippen LogP contribution in [0.4, 0.5) is 0 Å². The van der Waals surface area contributed by atoms with E-state index in [2.05, 4.69) is 0 Å². The Morgan fingerprint density at radius 3 is 1.12 bits per heavy atom. The zero-order valence-electron chi connectivity index (χ0n) is 6.90. The van der Waals surface area contributed by atoms with Crippen molar-refractivity contribution in [3.05, 3.63) is 0 Å². The summed E-state index contributed by atoms with van der Waals surface area (Å²) in [4.78, 5) is 21.6. The summed E-state index contributed by atoms with van der Waals surface area (Å²) in [6.45, 7) is 0. The number of hydrogen-bond acceptors (Lipinski definition) is 1. The van der Waals surface area contributed by atoms with Gasteiger partial charge in [0, 0.05) is 27.3 Å². The normalized spacial score (nSPS) is 7.38. The molecule has 0 rings (SSSR count). The van der Waals surface area contributed by atoms with E-state index in [4.69, 9.17) is 19.2 Å². The van der Waals surface area contributed by atoms with Gasteiger partial charge in [-0.15, -0.1) is 0 Å². The van der Waals surface area contributed by atoms with Gasteiger partial charge in [0.05, 0.1) is 0 Å². The summed E-state index contributed by atoms with van der Waals surface area (Å²) < 4.78 is 8.88. The van der Waals surface area contributed by atoms with Crippen molar-refractivity contribution >= 4 is 7.82 Å². The fourth-order valence-corrected chi connectivity index (χ4v) is 0. The standard InChI is InChI=1S/Cd.2Li.H3O4P.2H/c;;;1-5(2,3)4;;/h;;;(H3,1,2,3,4);;/q;2*+1;;2*-1. The van der Waals surface area contributed by atoms with Crippen molar-refractivity contribution in [1.29, 1.82) is 0 Å². The van der Waals surface area contributed by atoms with Gasteiger partial charge in [-0.05, 0) is 0 Å². The predicted molar refractivity (Wildman–Crippen MR) is 16.5 cm³/mol. The Morgan fingerprint density at radius 2 is 1.12 bits per heavy atom. The van der Waals surface area contributed by atoms with Crippen LogP contribution in [0.1, 0.15) is 2.85 Å². The minimum absolute atomic E-state index is 0. The maximum absolute atomic E-state index is 8.88. The van der Waals surface area contributed by atoms with Crippen molar-refractivity contribution in [2.24, 2.45) is 0 Å². The third-order valence-corrected chi connectivity index (χ3v) is 0. The van der Waals surface area contributed by atoms with Gasteiger partial charge in [0.25, 0.3) is 0 Å². The topological polar surface area (TPSA) is 77.8 Å². The summed E-state index contributed by atoms with van der Waals surface area (Å²) in [6, 6.07) is 0. The molecule has 0 saturated heterocycles. The van der Waals surface area contributed by atoms with Crippen molar-refractivity contribution in [2.45, 2.75) is 0 Å². The number of rotatable bonds is 0. The molecule has 0 heterocycles. The molecule has 0 spiro atoms.